The molecular formula is C20H23N5O2. The molecule has 0 atom stereocenters. The molecule has 2 N–H and O–H groups in total. The monoisotopic (exact) mass is 365 g/mol. The summed E-state index contributed by atoms with van der Waals surface area (Å²) in [5, 5.41) is 14.1. The summed E-state index contributed by atoms with van der Waals surface area (Å²) in [7, 11) is 2.01. The Morgan fingerprint density at radius 3 is 2.96 bits per heavy atom. The molecule has 0 saturated carbocycles. The Morgan fingerprint density at radius 1 is 1.26 bits per heavy atom. The Kier molecular flexibility index (Phi) is 5.02. The maximum Gasteiger partial charge on any atom is 0.273 e. The number of hydrogen-bond acceptors (Lipinski definition) is 5. The van der Waals surface area contributed by atoms with E-state index in [0.29, 0.717) is 24.5 Å². The molecule has 0 saturated heterocycles. The molecule has 2 aromatic heterocycles. The van der Waals surface area contributed by atoms with Crippen molar-refractivity contribution >= 4 is 5.91 Å². The highest BCUT2D eigenvalue weighted by Crippen LogP contribution is 2.22. The van der Waals surface area contributed by atoms with Crippen LogP contribution < -0.4 is 5.32 Å². The summed E-state index contributed by atoms with van der Waals surface area (Å²) in [4.78, 5) is 14.5. The fourth-order valence-electron chi connectivity index (χ4n) is 3.50. The van der Waals surface area contributed by atoms with E-state index in [4.69, 9.17) is 4.52 Å². The molecule has 27 heavy (non-hydrogen) atoms. The zero-order valence-electron chi connectivity index (χ0n) is 15.4. The second-order valence-electron chi connectivity index (χ2n) is 7.00. The molecule has 1 aliphatic rings. The van der Waals surface area contributed by atoms with Crippen LogP contribution in [0.25, 0.3) is 0 Å². The van der Waals surface area contributed by atoms with E-state index in [1.165, 1.54) is 16.8 Å². The largest absolute Gasteiger partial charge is 0.359 e. The number of hydrogen-bond donors (Lipinski definition) is 2. The number of H-pyrrole nitrogens is 1. The molecule has 0 unspecified atom stereocenters. The summed E-state index contributed by atoms with van der Waals surface area (Å²) >= 11 is 0. The Balaban J connectivity index is 1.31. The predicted octanol–water partition coefficient (Wildman–Crippen LogP) is 2.45. The highest BCUT2D eigenvalue weighted by Gasteiger charge is 2.19. The number of aromatic nitrogens is 3. The standard InChI is InChI=1S/C20H23N5O2/c1-25(12-14-6-3-2-4-7-14)13-15-10-18(24-27-15)20(26)21-11-19-16-8-5-9-17(16)22-23-19/h2-4,6-7,10H,5,8-9,11-13H2,1H3,(H,21,26)(H,22,23). The lowest BCUT2D eigenvalue weighted by Crippen LogP contribution is -2.23. The molecule has 3 aromatic rings. The second-order valence-corrected chi connectivity index (χ2v) is 7.00. The van der Waals surface area contributed by atoms with E-state index in [9.17, 15) is 4.79 Å². The van der Waals surface area contributed by atoms with Crippen molar-refractivity contribution in [2.75, 3.05) is 7.05 Å². The first-order chi connectivity index (χ1) is 13.2. The molecule has 0 spiro atoms. The molecule has 140 valence electrons. The number of rotatable bonds is 7. The quantitative estimate of drug-likeness (QED) is 0.672. The number of carbonyl (C=O) groups is 1. The van der Waals surface area contributed by atoms with E-state index in [0.717, 1.165) is 31.5 Å². The van der Waals surface area contributed by atoms with Crippen LogP contribution in [-0.2, 0) is 32.5 Å². The van der Waals surface area contributed by atoms with Gasteiger partial charge in [0.1, 0.15) is 0 Å². The lowest BCUT2D eigenvalue weighted by Gasteiger charge is -2.14. The molecule has 0 fully saturated rings. The minimum Gasteiger partial charge on any atom is -0.359 e. The average molecular weight is 365 g/mol. The van der Waals surface area contributed by atoms with Crippen LogP contribution in [0.1, 0.15) is 45.2 Å². The number of benzene rings is 1. The summed E-state index contributed by atoms with van der Waals surface area (Å²) < 4.78 is 5.33. The Morgan fingerprint density at radius 2 is 2.11 bits per heavy atom. The Bertz CT molecular complexity index is 916. The molecule has 2 heterocycles. The van der Waals surface area contributed by atoms with Crippen molar-refractivity contribution in [3.63, 3.8) is 0 Å². The van der Waals surface area contributed by atoms with E-state index < -0.39 is 0 Å². The zero-order valence-corrected chi connectivity index (χ0v) is 15.4. The lowest BCUT2D eigenvalue weighted by atomic mass is 10.2. The average Bonchev–Trinajstić information content (AvgIpc) is 3.38. The number of aryl methyl sites for hydroxylation is 1. The minimum absolute atomic E-state index is 0.245. The first-order valence-corrected chi connectivity index (χ1v) is 9.20. The highest BCUT2D eigenvalue weighted by molar-refractivity contribution is 5.92. The first kappa shape index (κ1) is 17.5. The fourth-order valence-corrected chi connectivity index (χ4v) is 3.50. The number of nitrogens with one attached hydrogen (secondary N) is 2. The van der Waals surface area contributed by atoms with Crippen molar-refractivity contribution in [3.8, 4) is 0 Å². The summed E-state index contributed by atoms with van der Waals surface area (Å²) in [6.07, 6.45) is 3.21. The van der Waals surface area contributed by atoms with Crippen LogP contribution in [0.4, 0.5) is 0 Å². The lowest BCUT2D eigenvalue weighted by molar-refractivity contribution is 0.0941. The number of fused-ring (bicyclic) bond motifs is 1. The Labute approximate surface area is 157 Å². The SMILES string of the molecule is CN(Cc1ccccc1)Cc1cc(C(=O)NCc2n[nH]c3c2CCC3)no1. The van der Waals surface area contributed by atoms with Crippen molar-refractivity contribution in [2.45, 2.75) is 38.9 Å². The van der Waals surface area contributed by atoms with Gasteiger partial charge in [0, 0.05) is 18.3 Å². The van der Waals surface area contributed by atoms with Gasteiger partial charge in [0.2, 0.25) is 0 Å². The van der Waals surface area contributed by atoms with Crippen molar-refractivity contribution in [1.82, 2.24) is 25.6 Å². The topological polar surface area (TPSA) is 87.0 Å². The van der Waals surface area contributed by atoms with Gasteiger partial charge in [0.15, 0.2) is 11.5 Å². The highest BCUT2D eigenvalue weighted by atomic mass is 16.5. The first-order valence-electron chi connectivity index (χ1n) is 9.20. The summed E-state index contributed by atoms with van der Waals surface area (Å²) in [5.74, 6) is 0.421. The number of amides is 1. The number of aromatic amines is 1. The van der Waals surface area contributed by atoms with Gasteiger partial charge in [-0.3, -0.25) is 14.8 Å². The third-order valence-electron chi connectivity index (χ3n) is 4.82. The van der Waals surface area contributed by atoms with Gasteiger partial charge in [0.25, 0.3) is 5.91 Å². The van der Waals surface area contributed by atoms with Gasteiger partial charge in [0.05, 0.1) is 18.8 Å². The van der Waals surface area contributed by atoms with Crippen molar-refractivity contribution in [3.05, 3.63) is 70.4 Å². The van der Waals surface area contributed by atoms with Gasteiger partial charge in [-0.1, -0.05) is 35.5 Å². The van der Waals surface area contributed by atoms with Crippen LogP contribution in [0.5, 0.6) is 0 Å². The number of carbonyl (C=O) groups excluding carboxylic acids is 1. The van der Waals surface area contributed by atoms with Crippen molar-refractivity contribution < 1.29 is 9.32 Å². The molecule has 0 radical (unpaired) electrons. The van der Waals surface area contributed by atoms with Gasteiger partial charge >= 0.3 is 0 Å². The molecule has 1 amide bonds. The smallest absolute Gasteiger partial charge is 0.273 e. The zero-order chi connectivity index (χ0) is 18.6. The van der Waals surface area contributed by atoms with Crippen LogP contribution in [-0.4, -0.2) is 33.2 Å². The maximum absolute atomic E-state index is 12.3. The molecule has 0 aliphatic heterocycles. The molecular weight excluding hydrogens is 342 g/mol. The van der Waals surface area contributed by atoms with Crippen molar-refractivity contribution in [2.24, 2.45) is 0 Å². The van der Waals surface area contributed by atoms with E-state index in [1.54, 1.807) is 6.07 Å². The van der Waals surface area contributed by atoms with E-state index in [-0.39, 0.29) is 5.91 Å². The van der Waals surface area contributed by atoms with E-state index >= 15 is 0 Å². The van der Waals surface area contributed by atoms with Crippen LogP contribution in [0.15, 0.2) is 40.9 Å². The van der Waals surface area contributed by atoms with Gasteiger partial charge in [-0.05, 0) is 37.4 Å². The third kappa shape index (κ3) is 4.09. The Hall–Kier alpha value is -2.93. The molecule has 1 aliphatic carbocycles. The minimum atomic E-state index is -0.245. The van der Waals surface area contributed by atoms with Crippen LogP contribution in [0.3, 0.4) is 0 Å². The fraction of sp³-hybridized carbons (Fsp3) is 0.350. The summed E-state index contributed by atoms with van der Waals surface area (Å²) in [5.41, 5.74) is 4.89. The van der Waals surface area contributed by atoms with Gasteiger partial charge in [-0.15, -0.1) is 0 Å². The normalized spacial score (nSPS) is 13.1. The molecule has 7 nitrogen and oxygen atoms in total. The van der Waals surface area contributed by atoms with Gasteiger partial charge in [-0.25, -0.2) is 0 Å². The van der Waals surface area contributed by atoms with E-state index in [1.807, 2.05) is 25.2 Å². The third-order valence-corrected chi connectivity index (χ3v) is 4.82. The second kappa shape index (κ2) is 7.75. The summed E-state index contributed by atoms with van der Waals surface area (Å²) in [6, 6.07) is 11.9. The van der Waals surface area contributed by atoms with Gasteiger partial charge < -0.3 is 9.84 Å². The van der Waals surface area contributed by atoms with Crippen LogP contribution in [0.2, 0.25) is 0 Å². The molecule has 7 heteroatoms. The number of nitrogens with zero attached hydrogens (tertiary/aromatic N) is 3. The molecule has 1 aromatic carbocycles. The summed E-state index contributed by atoms with van der Waals surface area (Å²) in [6.45, 7) is 1.79. The molecule has 4 rings (SSSR count). The van der Waals surface area contributed by atoms with Gasteiger partial charge in [-0.2, -0.15) is 5.10 Å². The van der Waals surface area contributed by atoms with Crippen LogP contribution >= 0.6 is 0 Å². The van der Waals surface area contributed by atoms with Crippen LogP contribution in [0, 0.1) is 0 Å². The van der Waals surface area contributed by atoms with Crippen molar-refractivity contribution in [1.29, 1.82) is 0 Å². The maximum atomic E-state index is 12.3. The molecule has 0 bridgehead atoms. The predicted molar refractivity (Wildman–Crippen MR) is 99.9 cm³/mol. The van der Waals surface area contributed by atoms with E-state index in [2.05, 4.69) is 37.7 Å².